The van der Waals surface area contributed by atoms with E-state index in [1.807, 2.05) is 13.0 Å². The zero-order chi connectivity index (χ0) is 17.5. The molecule has 1 aromatic carbocycles. The minimum Gasteiger partial charge on any atom is -0.508 e. The molecule has 124 valence electrons. The van der Waals surface area contributed by atoms with Gasteiger partial charge < -0.3 is 15.5 Å². The zero-order valence-corrected chi connectivity index (χ0v) is 13.4. The van der Waals surface area contributed by atoms with Crippen LogP contribution < -0.4 is 5.32 Å². The van der Waals surface area contributed by atoms with Crippen molar-refractivity contribution >= 4 is 11.9 Å². The molecule has 1 amide bonds. The molecule has 7 nitrogen and oxygen atoms in total. The van der Waals surface area contributed by atoms with E-state index in [1.54, 1.807) is 19.4 Å². The molecular formula is C17H18N4O3. The van der Waals surface area contributed by atoms with Crippen molar-refractivity contribution in [2.24, 2.45) is 0 Å². The maximum atomic E-state index is 12.1. The fourth-order valence-electron chi connectivity index (χ4n) is 2.77. The molecule has 0 radical (unpaired) electrons. The second kappa shape index (κ2) is 5.52. The number of rotatable bonds is 2. The van der Waals surface area contributed by atoms with Gasteiger partial charge in [0.15, 0.2) is 5.96 Å². The first-order chi connectivity index (χ1) is 11.3. The smallest absolute Gasteiger partial charge is 0.231 e. The third-order valence-corrected chi connectivity index (χ3v) is 4.22. The third kappa shape index (κ3) is 2.76. The van der Waals surface area contributed by atoms with Crippen molar-refractivity contribution < 1.29 is 15.0 Å². The van der Waals surface area contributed by atoms with Gasteiger partial charge in [-0.05, 0) is 36.2 Å². The lowest BCUT2D eigenvalue weighted by Gasteiger charge is -2.39. The van der Waals surface area contributed by atoms with E-state index in [1.165, 1.54) is 23.1 Å². The summed E-state index contributed by atoms with van der Waals surface area (Å²) >= 11 is 0. The molecule has 1 aromatic heterocycles. The molecule has 0 spiro atoms. The molecule has 7 heteroatoms. The number of nitrogens with zero attached hydrogens (tertiary/aromatic N) is 2. The van der Waals surface area contributed by atoms with E-state index in [2.05, 4.69) is 10.3 Å². The highest BCUT2D eigenvalue weighted by molar-refractivity contribution is 5.98. The maximum Gasteiger partial charge on any atom is 0.231 e. The first kappa shape index (κ1) is 15.8. The molecule has 24 heavy (non-hydrogen) atoms. The lowest BCUT2D eigenvalue weighted by atomic mass is 9.86. The van der Waals surface area contributed by atoms with Crippen LogP contribution in [0.3, 0.4) is 0 Å². The van der Waals surface area contributed by atoms with Gasteiger partial charge in [0.2, 0.25) is 5.91 Å². The Morgan fingerprint density at radius 3 is 2.46 bits per heavy atom. The van der Waals surface area contributed by atoms with Gasteiger partial charge in [0.05, 0.1) is 12.0 Å². The average Bonchev–Trinajstić information content (AvgIpc) is 2.52. The molecule has 2 aromatic rings. The molecule has 1 aliphatic rings. The summed E-state index contributed by atoms with van der Waals surface area (Å²) < 4.78 is 0. The van der Waals surface area contributed by atoms with Crippen LogP contribution in [-0.2, 0) is 10.3 Å². The fourth-order valence-corrected chi connectivity index (χ4v) is 2.77. The third-order valence-electron chi connectivity index (χ3n) is 4.22. The fraction of sp³-hybridized carbons (Fsp3) is 0.235. The lowest BCUT2D eigenvalue weighted by Crippen LogP contribution is -2.58. The molecule has 3 rings (SSSR count). The van der Waals surface area contributed by atoms with Gasteiger partial charge in [-0.2, -0.15) is 0 Å². The van der Waals surface area contributed by atoms with E-state index in [4.69, 9.17) is 5.41 Å². The van der Waals surface area contributed by atoms with Crippen molar-refractivity contribution in [2.45, 2.75) is 18.9 Å². The molecule has 1 fully saturated rings. The first-order valence-electron chi connectivity index (χ1n) is 7.41. The maximum absolute atomic E-state index is 12.1. The van der Waals surface area contributed by atoms with Gasteiger partial charge >= 0.3 is 0 Å². The SMILES string of the molecule is CN1C(=N)N[C@](C)(c2cncc(-c3cc(O)cc(O)c3)c2)CC1=O. The number of aromatic hydroxyl groups is 2. The number of amides is 1. The molecule has 0 saturated carbocycles. The summed E-state index contributed by atoms with van der Waals surface area (Å²) in [7, 11) is 1.56. The van der Waals surface area contributed by atoms with Gasteiger partial charge in [-0.3, -0.25) is 20.1 Å². The van der Waals surface area contributed by atoms with Crippen molar-refractivity contribution in [3.8, 4) is 22.6 Å². The van der Waals surface area contributed by atoms with E-state index in [0.29, 0.717) is 11.1 Å². The van der Waals surface area contributed by atoms with Crippen molar-refractivity contribution in [3.63, 3.8) is 0 Å². The average molecular weight is 326 g/mol. The Balaban J connectivity index is 2.01. The largest absolute Gasteiger partial charge is 0.508 e. The number of phenolic OH excluding ortho intramolecular Hbond substituents is 2. The van der Waals surface area contributed by atoms with Crippen LogP contribution in [0, 0.1) is 5.41 Å². The number of guanidine groups is 1. The van der Waals surface area contributed by atoms with Gasteiger partial charge in [0.25, 0.3) is 0 Å². The summed E-state index contributed by atoms with van der Waals surface area (Å²) in [5.74, 6) is -0.206. The molecule has 4 N–H and O–H groups in total. The van der Waals surface area contributed by atoms with E-state index in [-0.39, 0.29) is 29.8 Å². The molecular weight excluding hydrogens is 308 g/mol. The van der Waals surface area contributed by atoms with Crippen LogP contribution >= 0.6 is 0 Å². The van der Waals surface area contributed by atoms with Crippen molar-refractivity contribution in [3.05, 3.63) is 42.2 Å². The Bertz CT molecular complexity index is 796. The molecule has 1 atom stereocenters. The Labute approximate surface area is 139 Å². The first-order valence-corrected chi connectivity index (χ1v) is 7.41. The van der Waals surface area contributed by atoms with Crippen molar-refractivity contribution in [2.75, 3.05) is 7.05 Å². The normalized spacial score (nSPS) is 20.8. The number of pyridine rings is 1. The summed E-state index contributed by atoms with van der Waals surface area (Å²) in [5, 5.41) is 30.3. The Hall–Kier alpha value is -3.09. The van der Waals surface area contributed by atoms with Gasteiger partial charge in [-0.1, -0.05) is 0 Å². The number of phenols is 2. The predicted molar refractivity (Wildman–Crippen MR) is 88.6 cm³/mol. The highest BCUT2D eigenvalue weighted by Crippen LogP contribution is 2.33. The molecule has 0 bridgehead atoms. The van der Waals surface area contributed by atoms with Gasteiger partial charge in [-0.15, -0.1) is 0 Å². The Morgan fingerprint density at radius 1 is 1.17 bits per heavy atom. The van der Waals surface area contributed by atoms with E-state index in [9.17, 15) is 15.0 Å². The number of carbonyl (C=O) groups excluding carboxylic acids is 1. The summed E-state index contributed by atoms with van der Waals surface area (Å²) in [6.07, 6.45) is 3.45. The second-order valence-electron chi connectivity index (χ2n) is 6.14. The summed E-state index contributed by atoms with van der Waals surface area (Å²) in [5.41, 5.74) is 1.30. The van der Waals surface area contributed by atoms with Crippen LogP contribution in [0.1, 0.15) is 18.9 Å². The number of carbonyl (C=O) groups is 1. The van der Waals surface area contributed by atoms with Crippen LogP contribution in [0.4, 0.5) is 0 Å². The Morgan fingerprint density at radius 2 is 1.83 bits per heavy atom. The van der Waals surface area contributed by atoms with Crippen LogP contribution in [-0.4, -0.2) is 39.0 Å². The lowest BCUT2D eigenvalue weighted by molar-refractivity contribution is -0.129. The topological polar surface area (TPSA) is 110 Å². The van der Waals surface area contributed by atoms with Crippen molar-refractivity contribution in [1.29, 1.82) is 5.41 Å². The van der Waals surface area contributed by atoms with E-state index < -0.39 is 5.54 Å². The van der Waals surface area contributed by atoms with Crippen LogP contribution in [0.2, 0.25) is 0 Å². The highest BCUT2D eigenvalue weighted by Gasteiger charge is 2.38. The summed E-state index contributed by atoms with van der Waals surface area (Å²) in [4.78, 5) is 17.6. The Kier molecular flexibility index (Phi) is 3.63. The minimum atomic E-state index is -0.747. The number of benzene rings is 1. The predicted octanol–water partition coefficient (Wildman–Crippen LogP) is 1.76. The molecule has 2 heterocycles. The summed E-state index contributed by atoms with van der Waals surface area (Å²) in [6.45, 7) is 1.84. The summed E-state index contributed by atoms with van der Waals surface area (Å²) in [6, 6.07) is 6.14. The minimum absolute atomic E-state index is 0.0363. The molecule has 1 saturated heterocycles. The van der Waals surface area contributed by atoms with E-state index in [0.717, 1.165) is 5.56 Å². The quantitative estimate of drug-likeness (QED) is 0.672. The van der Waals surface area contributed by atoms with Crippen LogP contribution in [0.5, 0.6) is 11.5 Å². The molecule has 0 unspecified atom stereocenters. The number of hydrogen-bond donors (Lipinski definition) is 4. The van der Waals surface area contributed by atoms with Gasteiger partial charge in [0, 0.05) is 31.1 Å². The highest BCUT2D eigenvalue weighted by atomic mass is 16.3. The van der Waals surface area contributed by atoms with E-state index >= 15 is 0 Å². The van der Waals surface area contributed by atoms with Crippen molar-refractivity contribution in [1.82, 2.24) is 15.2 Å². The standard InChI is InChI=1S/C17H18N4O3/c1-17(7-15(24)21(2)16(18)20-17)12-3-11(8-19-9-12)10-4-13(22)6-14(23)5-10/h3-6,8-9,22-23H,7H2,1-2H3,(H2,18,20)/t17-/m0/s1. The van der Waals surface area contributed by atoms with Gasteiger partial charge in [0.1, 0.15) is 11.5 Å². The molecule has 0 aliphatic carbocycles. The second-order valence-corrected chi connectivity index (χ2v) is 6.14. The monoisotopic (exact) mass is 326 g/mol. The van der Waals surface area contributed by atoms with Gasteiger partial charge in [-0.25, -0.2) is 0 Å². The number of hydrogen-bond acceptors (Lipinski definition) is 5. The number of nitrogens with one attached hydrogen (secondary N) is 2. The zero-order valence-electron chi connectivity index (χ0n) is 13.4. The molecule has 1 aliphatic heterocycles. The van der Waals surface area contributed by atoms with Crippen LogP contribution in [0.15, 0.2) is 36.7 Å². The van der Waals surface area contributed by atoms with Crippen LogP contribution in [0.25, 0.3) is 11.1 Å². The number of aromatic nitrogens is 1.